The summed E-state index contributed by atoms with van der Waals surface area (Å²) in [5.41, 5.74) is 1.10. The highest BCUT2D eigenvalue weighted by Gasteiger charge is 2.18. The van der Waals surface area contributed by atoms with E-state index in [4.69, 9.17) is 4.74 Å². The number of rotatable bonds is 4. The van der Waals surface area contributed by atoms with Crippen LogP contribution < -0.4 is 10.1 Å². The Labute approximate surface area is 132 Å². The molecule has 0 radical (unpaired) electrons. The molecule has 2 aliphatic rings. The molecule has 21 heavy (non-hydrogen) atoms. The Kier molecular flexibility index (Phi) is 6.31. The van der Waals surface area contributed by atoms with Gasteiger partial charge in [-0.15, -0.1) is 12.4 Å². The lowest BCUT2D eigenvalue weighted by Gasteiger charge is -2.23. The summed E-state index contributed by atoms with van der Waals surface area (Å²) >= 11 is 0. The quantitative estimate of drug-likeness (QED) is 0.895. The van der Waals surface area contributed by atoms with E-state index in [0.717, 1.165) is 38.1 Å². The first-order valence-corrected chi connectivity index (χ1v) is 7.95. The Morgan fingerprint density at radius 1 is 1.05 bits per heavy atom. The van der Waals surface area contributed by atoms with Gasteiger partial charge in [-0.1, -0.05) is 12.8 Å². The van der Waals surface area contributed by atoms with Crippen molar-refractivity contribution < 1.29 is 9.13 Å². The average Bonchev–Trinajstić information content (AvgIpc) is 2.99. The van der Waals surface area contributed by atoms with Crippen LogP contribution in [0.4, 0.5) is 4.39 Å². The van der Waals surface area contributed by atoms with E-state index in [1.807, 2.05) is 6.07 Å². The summed E-state index contributed by atoms with van der Waals surface area (Å²) in [7, 11) is 0. The van der Waals surface area contributed by atoms with Gasteiger partial charge in [-0.05, 0) is 68.3 Å². The van der Waals surface area contributed by atoms with Gasteiger partial charge >= 0.3 is 0 Å². The second kappa shape index (κ2) is 8.00. The third-order valence-corrected chi connectivity index (χ3v) is 4.66. The van der Waals surface area contributed by atoms with E-state index in [9.17, 15) is 4.39 Å². The first-order valence-electron chi connectivity index (χ1n) is 7.95. The van der Waals surface area contributed by atoms with Gasteiger partial charge in [-0.2, -0.15) is 0 Å². The lowest BCUT2D eigenvalue weighted by Crippen LogP contribution is -2.26. The van der Waals surface area contributed by atoms with Crippen molar-refractivity contribution in [3.8, 4) is 5.75 Å². The molecule has 2 nitrogen and oxygen atoms in total. The van der Waals surface area contributed by atoms with Gasteiger partial charge in [0, 0.05) is 6.07 Å². The molecule has 0 atom stereocenters. The van der Waals surface area contributed by atoms with Crippen LogP contribution in [0, 0.1) is 11.7 Å². The van der Waals surface area contributed by atoms with Crippen LogP contribution in [0.2, 0.25) is 0 Å². The zero-order valence-corrected chi connectivity index (χ0v) is 13.3. The van der Waals surface area contributed by atoms with Crippen molar-refractivity contribution in [2.45, 2.75) is 44.4 Å². The van der Waals surface area contributed by atoms with Crippen LogP contribution >= 0.6 is 12.4 Å². The molecule has 1 N–H and O–H groups in total. The zero-order valence-electron chi connectivity index (χ0n) is 12.4. The Bertz CT molecular complexity index is 442. The van der Waals surface area contributed by atoms with Crippen molar-refractivity contribution in [3.05, 3.63) is 29.6 Å². The van der Waals surface area contributed by atoms with Gasteiger partial charge in [-0.25, -0.2) is 4.39 Å². The third kappa shape index (κ3) is 4.58. The van der Waals surface area contributed by atoms with Crippen LogP contribution in [-0.2, 0) is 0 Å². The van der Waals surface area contributed by atoms with E-state index in [1.54, 1.807) is 6.07 Å². The fourth-order valence-corrected chi connectivity index (χ4v) is 3.45. The van der Waals surface area contributed by atoms with Gasteiger partial charge < -0.3 is 10.1 Å². The summed E-state index contributed by atoms with van der Waals surface area (Å²) in [6.45, 7) is 2.80. The Morgan fingerprint density at radius 3 is 2.48 bits per heavy atom. The Morgan fingerprint density at radius 2 is 1.76 bits per heavy atom. The molecule has 1 aliphatic carbocycles. The minimum Gasteiger partial charge on any atom is -0.493 e. The van der Waals surface area contributed by atoms with Crippen LogP contribution in [0.1, 0.15) is 50.0 Å². The van der Waals surface area contributed by atoms with Gasteiger partial charge in [0.15, 0.2) is 0 Å². The van der Waals surface area contributed by atoms with Crippen LogP contribution in [0.15, 0.2) is 18.2 Å². The highest BCUT2D eigenvalue weighted by molar-refractivity contribution is 5.85. The van der Waals surface area contributed by atoms with Gasteiger partial charge in [0.2, 0.25) is 0 Å². The lowest BCUT2D eigenvalue weighted by atomic mass is 9.90. The molecule has 2 fully saturated rings. The largest absolute Gasteiger partial charge is 0.493 e. The second-order valence-electron chi connectivity index (χ2n) is 6.21. The molecular formula is C17H25ClFNO. The van der Waals surface area contributed by atoms with Crippen molar-refractivity contribution in [2.75, 3.05) is 19.7 Å². The predicted molar refractivity (Wildman–Crippen MR) is 85.9 cm³/mol. The number of halogens is 2. The third-order valence-electron chi connectivity index (χ3n) is 4.66. The minimum atomic E-state index is -0.164. The zero-order chi connectivity index (χ0) is 13.8. The monoisotopic (exact) mass is 313 g/mol. The Balaban J connectivity index is 0.00000161. The molecule has 0 amide bonds. The summed E-state index contributed by atoms with van der Waals surface area (Å²) in [4.78, 5) is 0. The van der Waals surface area contributed by atoms with Crippen LogP contribution in [0.3, 0.4) is 0 Å². The van der Waals surface area contributed by atoms with E-state index in [1.165, 1.54) is 31.7 Å². The molecule has 1 saturated carbocycles. The summed E-state index contributed by atoms with van der Waals surface area (Å²) in [6, 6.07) is 5.26. The lowest BCUT2D eigenvalue weighted by molar-refractivity contribution is 0.250. The maximum Gasteiger partial charge on any atom is 0.127 e. The second-order valence-corrected chi connectivity index (χ2v) is 6.21. The molecule has 0 aromatic heterocycles. The Hall–Kier alpha value is -0.800. The summed E-state index contributed by atoms with van der Waals surface area (Å²) in [5, 5.41) is 3.35. The molecule has 3 rings (SSSR count). The van der Waals surface area contributed by atoms with E-state index in [0.29, 0.717) is 17.6 Å². The molecule has 118 valence electrons. The fourth-order valence-electron chi connectivity index (χ4n) is 3.45. The van der Waals surface area contributed by atoms with Crippen molar-refractivity contribution in [2.24, 2.45) is 5.92 Å². The predicted octanol–water partition coefficient (Wildman–Crippen LogP) is 4.28. The first-order chi connectivity index (χ1) is 9.81. The number of hydrogen-bond donors (Lipinski definition) is 1. The first kappa shape index (κ1) is 16.6. The summed E-state index contributed by atoms with van der Waals surface area (Å²) in [6.07, 6.45) is 7.33. The van der Waals surface area contributed by atoms with Crippen molar-refractivity contribution in [1.29, 1.82) is 0 Å². The molecule has 1 aromatic rings. The molecule has 4 heteroatoms. The SMILES string of the molecule is Cl.Fc1cc(OCC2CCCC2)cc(C2CCNCC2)c1. The van der Waals surface area contributed by atoms with Gasteiger partial charge in [0.1, 0.15) is 11.6 Å². The molecule has 1 aromatic carbocycles. The highest BCUT2D eigenvalue weighted by atomic mass is 35.5. The minimum absolute atomic E-state index is 0. The number of ether oxygens (including phenoxy) is 1. The summed E-state index contributed by atoms with van der Waals surface area (Å²) < 4.78 is 19.6. The van der Waals surface area contributed by atoms with Crippen LogP contribution in [-0.4, -0.2) is 19.7 Å². The smallest absolute Gasteiger partial charge is 0.127 e. The van der Waals surface area contributed by atoms with E-state index < -0.39 is 0 Å². The molecule has 1 heterocycles. The molecule has 0 bridgehead atoms. The van der Waals surface area contributed by atoms with Crippen LogP contribution in [0.25, 0.3) is 0 Å². The van der Waals surface area contributed by atoms with E-state index in [2.05, 4.69) is 5.32 Å². The maximum atomic E-state index is 13.8. The highest BCUT2D eigenvalue weighted by Crippen LogP contribution is 2.30. The van der Waals surface area contributed by atoms with Crippen LogP contribution in [0.5, 0.6) is 5.75 Å². The number of nitrogens with one attached hydrogen (secondary N) is 1. The average molecular weight is 314 g/mol. The van der Waals surface area contributed by atoms with E-state index in [-0.39, 0.29) is 18.2 Å². The van der Waals surface area contributed by atoms with Gasteiger partial charge in [0.25, 0.3) is 0 Å². The van der Waals surface area contributed by atoms with Crippen molar-refractivity contribution in [1.82, 2.24) is 5.32 Å². The van der Waals surface area contributed by atoms with Crippen molar-refractivity contribution in [3.63, 3.8) is 0 Å². The number of benzene rings is 1. The number of piperidine rings is 1. The standard InChI is InChI=1S/C17H24FNO.ClH/c18-16-9-15(14-5-7-19-8-6-14)10-17(11-16)20-12-13-3-1-2-4-13;/h9-11,13-14,19H,1-8,12H2;1H. The summed E-state index contributed by atoms with van der Waals surface area (Å²) in [5.74, 6) is 1.69. The molecule has 1 saturated heterocycles. The molecule has 1 aliphatic heterocycles. The van der Waals surface area contributed by atoms with Crippen molar-refractivity contribution >= 4 is 12.4 Å². The number of hydrogen-bond acceptors (Lipinski definition) is 2. The molecule has 0 unspecified atom stereocenters. The van der Waals surface area contributed by atoms with Gasteiger partial charge in [0.05, 0.1) is 6.61 Å². The maximum absolute atomic E-state index is 13.8. The molecule has 0 spiro atoms. The molecular weight excluding hydrogens is 289 g/mol. The topological polar surface area (TPSA) is 21.3 Å². The van der Waals surface area contributed by atoms with E-state index >= 15 is 0 Å². The normalized spacial score (nSPS) is 20.2. The fraction of sp³-hybridized carbons (Fsp3) is 0.647. The van der Waals surface area contributed by atoms with Gasteiger partial charge in [-0.3, -0.25) is 0 Å².